The zero-order valence-corrected chi connectivity index (χ0v) is 20.2. The van der Waals surface area contributed by atoms with Crippen LogP contribution in [-0.2, 0) is 6.54 Å². The molecule has 3 aromatic rings. The predicted octanol–water partition coefficient (Wildman–Crippen LogP) is 4.57. The maximum Gasteiger partial charge on any atom is 0.273 e. The minimum absolute atomic E-state index is 0.159. The van der Waals surface area contributed by atoms with Crippen LogP contribution in [-0.4, -0.2) is 29.0 Å². The van der Waals surface area contributed by atoms with Crippen molar-refractivity contribution in [2.75, 3.05) is 12.4 Å². The molecule has 0 aliphatic carbocycles. The van der Waals surface area contributed by atoms with Crippen molar-refractivity contribution in [1.29, 1.82) is 0 Å². The van der Waals surface area contributed by atoms with Gasteiger partial charge in [0.25, 0.3) is 16.7 Å². The fourth-order valence-corrected chi connectivity index (χ4v) is 4.18. The van der Waals surface area contributed by atoms with Crippen molar-refractivity contribution in [3.63, 3.8) is 0 Å². The number of aryl methyl sites for hydroxylation is 2. The molecule has 8 heteroatoms. The van der Waals surface area contributed by atoms with Gasteiger partial charge in [-0.15, -0.1) is 0 Å². The first kappa shape index (κ1) is 23.5. The van der Waals surface area contributed by atoms with Gasteiger partial charge in [-0.2, -0.15) is 0 Å². The molecular weight excluding hydrogens is 424 g/mol. The number of aromatic nitrogens is 2. The van der Waals surface area contributed by atoms with E-state index in [9.17, 15) is 9.59 Å². The van der Waals surface area contributed by atoms with Crippen molar-refractivity contribution < 1.29 is 9.53 Å². The highest BCUT2D eigenvalue weighted by Gasteiger charge is 2.18. The maximum absolute atomic E-state index is 13.2. The van der Waals surface area contributed by atoms with Gasteiger partial charge < -0.3 is 20.4 Å². The standard InChI is InChI=1S/C24H30N4O3S/c1-7-14(3)27-20-10-17(21-12-26-24(31-6)32-21)9-18(16(20)5)22(29)25-11-19-13(2)8-15(4)28-23(19)30/h8-10,12,14,27H,7,11H2,1-6H3,(H,25,29)(H,28,30). The van der Waals surface area contributed by atoms with E-state index in [1.54, 1.807) is 13.3 Å². The third-order valence-corrected chi connectivity index (χ3v) is 6.54. The van der Waals surface area contributed by atoms with Crippen LogP contribution in [0.5, 0.6) is 5.19 Å². The lowest BCUT2D eigenvalue weighted by Gasteiger charge is -2.19. The number of methoxy groups -OCH3 is 1. The average Bonchev–Trinajstić information content (AvgIpc) is 3.23. The third-order valence-electron chi connectivity index (χ3n) is 5.53. The number of nitrogens with one attached hydrogen (secondary N) is 3. The van der Waals surface area contributed by atoms with Gasteiger partial charge in [0.05, 0.1) is 12.0 Å². The Morgan fingerprint density at radius 3 is 2.62 bits per heavy atom. The summed E-state index contributed by atoms with van der Waals surface area (Å²) < 4.78 is 5.23. The van der Waals surface area contributed by atoms with Crippen molar-refractivity contribution in [1.82, 2.24) is 15.3 Å². The van der Waals surface area contributed by atoms with Gasteiger partial charge in [-0.1, -0.05) is 18.3 Å². The van der Waals surface area contributed by atoms with Crippen molar-refractivity contribution in [2.24, 2.45) is 0 Å². The summed E-state index contributed by atoms with van der Waals surface area (Å²) >= 11 is 1.42. The number of anilines is 1. The van der Waals surface area contributed by atoms with E-state index in [0.29, 0.717) is 16.3 Å². The monoisotopic (exact) mass is 454 g/mol. The van der Waals surface area contributed by atoms with Crippen LogP contribution in [0.25, 0.3) is 10.4 Å². The summed E-state index contributed by atoms with van der Waals surface area (Å²) in [6.45, 7) is 10.0. The Hall–Kier alpha value is -3.13. The number of carbonyl (C=O) groups excluding carboxylic acids is 1. The molecule has 0 fully saturated rings. The number of rotatable bonds is 8. The number of thiazole rings is 1. The number of pyridine rings is 1. The number of aromatic amines is 1. The average molecular weight is 455 g/mol. The highest BCUT2D eigenvalue weighted by Crippen LogP contribution is 2.34. The summed E-state index contributed by atoms with van der Waals surface area (Å²) in [6.07, 6.45) is 2.70. The number of nitrogens with zero attached hydrogens (tertiary/aromatic N) is 1. The van der Waals surface area contributed by atoms with Crippen molar-refractivity contribution >= 4 is 22.9 Å². The Morgan fingerprint density at radius 2 is 2.00 bits per heavy atom. The van der Waals surface area contributed by atoms with Crippen molar-refractivity contribution in [3.8, 4) is 15.6 Å². The molecule has 0 bridgehead atoms. The van der Waals surface area contributed by atoms with E-state index in [1.165, 1.54) is 11.3 Å². The van der Waals surface area contributed by atoms with E-state index >= 15 is 0 Å². The molecule has 3 rings (SSSR count). The van der Waals surface area contributed by atoms with Crippen LogP contribution in [0.15, 0.2) is 29.2 Å². The number of hydrogen-bond donors (Lipinski definition) is 3. The SMILES string of the molecule is CCC(C)Nc1cc(-c2cnc(OC)s2)cc(C(=O)NCc2c(C)cc(C)[nH]c2=O)c1C. The molecular formula is C24H30N4O3S. The summed E-state index contributed by atoms with van der Waals surface area (Å²) in [5.41, 5.74) is 5.24. The van der Waals surface area contributed by atoms with E-state index in [1.807, 2.05) is 39.0 Å². The number of carbonyl (C=O) groups is 1. The number of H-pyrrole nitrogens is 1. The van der Waals surface area contributed by atoms with E-state index < -0.39 is 0 Å². The Kier molecular flexibility index (Phi) is 7.35. The zero-order valence-electron chi connectivity index (χ0n) is 19.4. The van der Waals surface area contributed by atoms with Crippen LogP contribution >= 0.6 is 11.3 Å². The Morgan fingerprint density at radius 1 is 1.25 bits per heavy atom. The lowest BCUT2D eigenvalue weighted by atomic mass is 10.00. The molecule has 0 aliphatic rings. The van der Waals surface area contributed by atoms with E-state index in [2.05, 4.69) is 34.4 Å². The fourth-order valence-electron chi connectivity index (χ4n) is 3.46. The van der Waals surface area contributed by atoms with E-state index in [0.717, 1.165) is 39.4 Å². The van der Waals surface area contributed by atoms with Crippen LogP contribution in [0, 0.1) is 20.8 Å². The second kappa shape index (κ2) is 9.99. The molecule has 0 spiro atoms. The second-order valence-corrected chi connectivity index (χ2v) is 8.96. The third kappa shape index (κ3) is 5.19. The van der Waals surface area contributed by atoms with Crippen molar-refractivity contribution in [2.45, 2.75) is 53.6 Å². The molecule has 2 aromatic heterocycles. The molecule has 7 nitrogen and oxygen atoms in total. The predicted molar refractivity (Wildman–Crippen MR) is 130 cm³/mol. The number of ether oxygens (including phenoxy) is 1. The normalized spacial score (nSPS) is 11.8. The topological polar surface area (TPSA) is 96.1 Å². The molecule has 32 heavy (non-hydrogen) atoms. The number of hydrogen-bond acceptors (Lipinski definition) is 6. The first-order valence-electron chi connectivity index (χ1n) is 10.6. The highest BCUT2D eigenvalue weighted by atomic mass is 32.1. The first-order valence-corrected chi connectivity index (χ1v) is 11.4. The van der Waals surface area contributed by atoms with E-state index in [4.69, 9.17) is 4.74 Å². The molecule has 2 heterocycles. The molecule has 170 valence electrons. The molecule has 0 saturated heterocycles. The lowest BCUT2D eigenvalue weighted by molar-refractivity contribution is 0.0950. The van der Waals surface area contributed by atoms with Crippen LogP contribution in [0.3, 0.4) is 0 Å². The van der Waals surface area contributed by atoms with Gasteiger partial charge in [-0.05, 0) is 69.0 Å². The Balaban J connectivity index is 1.96. The Bertz CT molecular complexity index is 1180. The molecule has 0 aliphatic heterocycles. The first-order chi connectivity index (χ1) is 15.2. The Labute approximate surface area is 192 Å². The molecule has 1 unspecified atom stereocenters. The van der Waals surface area contributed by atoms with Crippen molar-refractivity contribution in [3.05, 3.63) is 62.7 Å². The lowest BCUT2D eigenvalue weighted by Crippen LogP contribution is -2.28. The molecule has 0 saturated carbocycles. The number of amides is 1. The molecule has 1 atom stereocenters. The van der Waals surface area contributed by atoms with Gasteiger partial charge in [0, 0.05) is 41.3 Å². The fraction of sp³-hybridized carbons (Fsp3) is 0.375. The number of benzene rings is 1. The second-order valence-electron chi connectivity index (χ2n) is 7.97. The van der Waals surface area contributed by atoms with Gasteiger partial charge in [0.15, 0.2) is 0 Å². The summed E-state index contributed by atoms with van der Waals surface area (Å²) in [7, 11) is 1.58. The summed E-state index contributed by atoms with van der Waals surface area (Å²) in [4.78, 5) is 33.5. The highest BCUT2D eigenvalue weighted by molar-refractivity contribution is 7.16. The minimum atomic E-state index is -0.229. The van der Waals surface area contributed by atoms with Crippen LogP contribution < -0.4 is 20.9 Å². The molecule has 1 amide bonds. The van der Waals surface area contributed by atoms with Gasteiger partial charge >= 0.3 is 0 Å². The largest absolute Gasteiger partial charge is 0.473 e. The van der Waals surface area contributed by atoms with Gasteiger partial charge in [0.2, 0.25) is 0 Å². The minimum Gasteiger partial charge on any atom is -0.473 e. The van der Waals surface area contributed by atoms with Crippen LogP contribution in [0.2, 0.25) is 0 Å². The van der Waals surface area contributed by atoms with E-state index in [-0.39, 0.29) is 24.1 Å². The zero-order chi connectivity index (χ0) is 23.4. The molecule has 3 N–H and O–H groups in total. The van der Waals surface area contributed by atoms with Crippen LogP contribution in [0.4, 0.5) is 5.69 Å². The summed E-state index contributed by atoms with van der Waals surface area (Å²) in [5.74, 6) is -0.229. The molecule has 1 aromatic carbocycles. The maximum atomic E-state index is 13.2. The summed E-state index contributed by atoms with van der Waals surface area (Å²) in [6, 6.07) is 6.07. The van der Waals surface area contributed by atoms with Gasteiger partial charge in [-0.3, -0.25) is 9.59 Å². The quantitative estimate of drug-likeness (QED) is 0.463. The van der Waals surface area contributed by atoms with Crippen LogP contribution in [0.1, 0.15) is 53.0 Å². The van der Waals surface area contributed by atoms with Gasteiger partial charge in [-0.25, -0.2) is 4.98 Å². The molecule has 0 radical (unpaired) electrons. The smallest absolute Gasteiger partial charge is 0.273 e. The summed E-state index contributed by atoms with van der Waals surface area (Å²) in [5, 5.41) is 6.99. The van der Waals surface area contributed by atoms with Gasteiger partial charge in [0.1, 0.15) is 0 Å².